The van der Waals surface area contributed by atoms with Gasteiger partial charge in [0.1, 0.15) is 6.10 Å². The van der Waals surface area contributed by atoms with Crippen molar-refractivity contribution in [1.29, 1.82) is 0 Å². The molecule has 0 amide bonds. The molecular formula is C23H38O2. The van der Waals surface area contributed by atoms with E-state index in [1.807, 2.05) is 30.3 Å². The predicted molar refractivity (Wildman–Crippen MR) is 107 cm³/mol. The molecule has 0 spiro atoms. The molecule has 1 rings (SSSR count). The monoisotopic (exact) mass is 346 g/mol. The second-order valence-electron chi connectivity index (χ2n) is 7.15. The maximum Gasteiger partial charge on any atom is 0.338 e. The van der Waals surface area contributed by atoms with Crippen LogP contribution in [0.5, 0.6) is 0 Å². The standard InChI is InChI=1S/C23H38O2/c1-3-5-7-9-10-11-16-20-22(19-15-8-6-4-2)25-23(24)21-17-13-12-14-18-21/h12-14,17-18,22H,3-11,15-16,19-20H2,1-2H3. The number of hydrogen-bond donors (Lipinski definition) is 0. The zero-order valence-corrected chi connectivity index (χ0v) is 16.5. The molecular weight excluding hydrogens is 308 g/mol. The van der Waals surface area contributed by atoms with Gasteiger partial charge in [0.25, 0.3) is 0 Å². The number of carbonyl (C=O) groups excluding carboxylic acids is 1. The number of ether oxygens (including phenoxy) is 1. The van der Waals surface area contributed by atoms with Crippen molar-refractivity contribution >= 4 is 5.97 Å². The molecule has 0 saturated heterocycles. The summed E-state index contributed by atoms with van der Waals surface area (Å²) in [6.07, 6.45) is 16.1. The highest BCUT2D eigenvalue weighted by atomic mass is 16.5. The topological polar surface area (TPSA) is 26.3 Å². The van der Waals surface area contributed by atoms with Gasteiger partial charge < -0.3 is 4.74 Å². The molecule has 1 atom stereocenters. The third-order valence-electron chi connectivity index (χ3n) is 4.79. The van der Waals surface area contributed by atoms with Crippen LogP contribution in [-0.4, -0.2) is 12.1 Å². The summed E-state index contributed by atoms with van der Waals surface area (Å²) < 4.78 is 5.82. The van der Waals surface area contributed by atoms with Gasteiger partial charge in [0.15, 0.2) is 0 Å². The second kappa shape index (κ2) is 15.0. The molecule has 0 aromatic heterocycles. The van der Waals surface area contributed by atoms with Crippen molar-refractivity contribution < 1.29 is 9.53 Å². The first-order valence-corrected chi connectivity index (χ1v) is 10.5. The Morgan fingerprint density at radius 1 is 0.760 bits per heavy atom. The van der Waals surface area contributed by atoms with Crippen LogP contribution in [0.1, 0.15) is 108 Å². The zero-order valence-electron chi connectivity index (χ0n) is 16.5. The fourth-order valence-corrected chi connectivity index (χ4v) is 3.18. The maximum atomic E-state index is 12.3. The maximum absolute atomic E-state index is 12.3. The molecule has 25 heavy (non-hydrogen) atoms. The van der Waals surface area contributed by atoms with Crippen molar-refractivity contribution in [1.82, 2.24) is 0 Å². The van der Waals surface area contributed by atoms with E-state index in [1.165, 1.54) is 64.2 Å². The summed E-state index contributed by atoms with van der Waals surface area (Å²) in [5, 5.41) is 0. The predicted octanol–water partition coefficient (Wildman–Crippen LogP) is 7.32. The Balaban J connectivity index is 2.34. The second-order valence-corrected chi connectivity index (χ2v) is 7.15. The normalized spacial score (nSPS) is 12.1. The highest BCUT2D eigenvalue weighted by Gasteiger charge is 2.15. The SMILES string of the molecule is CCCCCCCCCC(CCCCCC)OC(=O)c1ccccc1. The average Bonchev–Trinajstić information content (AvgIpc) is 2.64. The Morgan fingerprint density at radius 3 is 1.80 bits per heavy atom. The van der Waals surface area contributed by atoms with E-state index >= 15 is 0 Å². The third-order valence-corrected chi connectivity index (χ3v) is 4.79. The zero-order chi connectivity index (χ0) is 18.2. The molecule has 2 heteroatoms. The van der Waals surface area contributed by atoms with Crippen LogP contribution >= 0.6 is 0 Å². The van der Waals surface area contributed by atoms with Gasteiger partial charge in [-0.15, -0.1) is 0 Å². The average molecular weight is 347 g/mol. The molecule has 0 saturated carbocycles. The first kappa shape index (κ1) is 21.7. The van der Waals surface area contributed by atoms with Crippen LogP contribution in [0.15, 0.2) is 30.3 Å². The molecule has 2 nitrogen and oxygen atoms in total. The summed E-state index contributed by atoms with van der Waals surface area (Å²) in [6.45, 7) is 4.48. The van der Waals surface area contributed by atoms with E-state index in [1.54, 1.807) is 0 Å². The third kappa shape index (κ3) is 11.0. The summed E-state index contributed by atoms with van der Waals surface area (Å²) in [6, 6.07) is 9.39. The van der Waals surface area contributed by atoms with Crippen LogP contribution in [0.4, 0.5) is 0 Å². The minimum atomic E-state index is -0.163. The van der Waals surface area contributed by atoms with Gasteiger partial charge in [0.05, 0.1) is 5.56 Å². The molecule has 1 unspecified atom stereocenters. The van der Waals surface area contributed by atoms with Crippen molar-refractivity contribution in [2.75, 3.05) is 0 Å². The molecule has 0 N–H and O–H groups in total. The van der Waals surface area contributed by atoms with E-state index in [0.717, 1.165) is 19.3 Å². The van der Waals surface area contributed by atoms with Gasteiger partial charge in [-0.1, -0.05) is 89.8 Å². The molecule has 0 fully saturated rings. The molecule has 0 radical (unpaired) electrons. The molecule has 1 aromatic rings. The Morgan fingerprint density at radius 2 is 1.24 bits per heavy atom. The lowest BCUT2D eigenvalue weighted by molar-refractivity contribution is 0.0249. The van der Waals surface area contributed by atoms with Gasteiger partial charge in [0, 0.05) is 0 Å². The first-order chi connectivity index (χ1) is 12.3. The van der Waals surface area contributed by atoms with Crippen LogP contribution in [0.2, 0.25) is 0 Å². The lowest BCUT2D eigenvalue weighted by Crippen LogP contribution is -2.18. The number of benzene rings is 1. The lowest BCUT2D eigenvalue weighted by Gasteiger charge is -2.18. The van der Waals surface area contributed by atoms with Crippen molar-refractivity contribution in [3.05, 3.63) is 35.9 Å². The molecule has 0 aliphatic carbocycles. The Labute approximate surface area is 155 Å². The number of rotatable bonds is 15. The molecule has 0 bridgehead atoms. The lowest BCUT2D eigenvalue weighted by atomic mass is 10.0. The van der Waals surface area contributed by atoms with E-state index in [4.69, 9.17) is 4.74 Å². The minimum absolute atomic E-state index is 0.0835. The van der Waals surface area contributed by atoms with Crippen molar-refractivity contribution in [2.45, 2.75) is 103 Å². The first-order valence-electron chi connectivity index (χ1n) is 10.5. The highest BCUT2D eigenvalue weighted by Crippen LogP contribution is 2.18. The van der Waals surface area contributed by atoms with Crippen molar-refractivity contribution in [3.8, 4) is 0 Å². The van der Waals surface area contributed by atoms with Crippen LogP contribution in [0.25, 0.3) is 0 Å². The Bertz CT molecular complexity index is 427. The van der Waals surface area contributed by atoms with Crippen LogP contribution < -0.4 is 0 Å². The smallest absolute Gasteiger partial charge is 0.338 e. The fourth-order valence-electron chi connectivity index (χ4n) is 3.18. The van der Waals surface area contributed by atoms with E-state index in [-0.39, 0.29) is 12.1 Å². The van der Waals surface area contributed by atoms with Crippen LogP contribution in [0, 0.1) is 0 Å². The van der Waals surface area contributed by atoms with E-state index < -0.39 is 0 Å². The largest absolute Gasteiger partial charge is 0.459 e. The van der Waals surface area contributed by atoms with Gasteiger partial charge >= 0.3 is 5.97 Å². The van der Waals surface area contributed by atoms with Gasteiger partial charge in [-0.25, -0.2) is 4.79 Å². The number of esters is 1. The van der Waals surface area contributed by atoms with E-state index in [9.17, 15) is 4.79 Å². The summed E-state index contributed by atoms with van der Waals surface area (Å²) in [5.41, 5.74) is 0.667. The molecule has 142 valence electrons. The minimum Gasteiger partial charge on any atom is -0.459 e. The van der Waals surface area contributed by atoms with Crippen molar-refractivity contribution in [3.63, 3.8) is 0 Å². The Kier molecular flexibility index (Phi) is 13.0. The van der Waals surface area contributed by atoms with Gasteiger partial charge in [-0.2, -0.15) is 0 Å². The fraction of sp³-hybridized carbons (Fsp3) is 0.696. The van der Waals surface area contributed by atoms with E-state index in [0.29, 0.717) is 5.56 Å². The summed E-state index contributed by atoms with van der Waals surface area (Å²) in [7, 11) is 0. The molecule has 0 aliphatic rings. The van der Waals surface area contributed by atoms with Gasteiger partial charge in [0.2, 0.25) is 0 Å². The summed E-state index contributed by atoms with van der Waals surface area (Å²) >= 11 is 0. The van der Waals surface area contributed by atoms with Gasteiger partial charge in [-0.3, -0.25) is 0 Å². The molecule has 0 aliphatic heterocycles. The molecule has 1 aromatic carbocycles. The van der Waals surface area contributed by atoms with Crippen LogP contribution in [-0.2, 0) is 4.74 Å². The summed E-state index contributed by atoms with van der Waals surface area (Å²) in [4.78, 5) is 12.3. The number of unbranched alkanes of at least 4 members (excludes halogenated alkanes) is 9. The highest BCUT2D eigenvalue weighted by molar-refractivity contribution is 5.89. The van der Waals surface area contributed by atoms with Crippen molar-refractivity contribution in [2.24, 2.45) is 0 Å². The van der Waals surface area contributed by atoms with Gasteiger partial charge in [-0.05, 0) is 37.8 Å². The molecule has 0 heterocycles. The van der Waals surface area contributed by atoms with Crippen LogP contribution in [0.3, 0.4) is 0 Å². The van der Waals surface area contributed by atoms with E-state index in [2.05, 4.69) is 13.8 Å². The number of hydrogen-bond acceptors (Lipinski definition) is 2. The summed E-state index contributed by atoms with van der Waals surface area (Å²) in [5.74, 6) is -0.163. The number of carbonyl (C=O) groups is 1. The Hall–Kier alpha value is -1.31. The quantitative estimate of drug-likeness (QED) is 0.245.